The van der Waals surface area contributed by atoms with E-state index in [0.29, 0.717) is 0 Å². The number of hydrogen-bond acceptors (Lipinski definition) is 1. The largest absolute Gasteiger partial charge is 0.454 e. The van der Waals surface area contributed by atoms with Crippen LogP contribution in [-0.4, -0.2) is 0 Å². The minimum Gasteiger partial charge on any atom is -0.454 e. The van der Waals surface area contributed by atoms with Gasteiger partial charge < -0.3 is 4.42 Å². The van der Waals surface area contributed by atoms with Crippen molar-refractivity contribution in [1.82, 2.24) is 0 Å². The summed E-state index contributed by atoms with van der Waals surface area (Å²) in [6, 6.07) is 21.9. The molecule has 2 heterocycles. The highest BCUT2D eigenvalue weighted by atomic mass is 16.3. The van der Waals surface area contributed by atoms with Crippen LogP contribution in [0.15, 0.2) is 71.3 Å². The number of aryl methyl sites for hydroxylation is 3. The van der Waals surface area contributed by atoms with Gasteiger partial charge in [0.1, 0.15) is 18.2 Å². The Balaban J connectivity index is 1.69. The van der Waals surface area contributed by atoms with Crippen molar-refractivity contribution in [2.75, 3.05) is 0 Å². The second-order valence-electron chi connectivity index (χ2n) is 8.86. The molecule has 0 N–H and O–H groups in total. The van der Waals surface area contributed by atoms with Crippen molar-refractivity contribution in [2.24, 2.45) is 7.05 Å². The van der Waals surface area contributed by atoms with E-state index in [1.54, 1.807) is 5.56 Å². The predicted molar refractivity (Wildman–Crippen MR) is 127 cm³/mol. The number of para-hydroxylation sites is 1. The van der Waals surface area contributed by atoms with Crippen molar-refractivity contribution in [2.45, 2.75) is 33.1 Å². The number of rotatable bonds is 2. The van der Waals surface area contributed by atoms with E-state index in [1.165, 1.54) is 62.7 Å². The number of nitrogens with zero attached hydrogens (tertiary/aromatic N) is 1. The maximum absolute atomic E-state index is 6.74. The topological polar surface area (TPSA) is 17.0 Å². The van der Waals surface area contributed by atoms with E-state index in [2.05, 4.69) is 92.3 Å². The van der Waals surface area contributed by atoms with Crippen LogP contribution in [0.5, 0.6) is 0 Å². The van der Waals surface area contributed by atoms with E-state index in [9.17, 15) is 0 Å². The molecule has 31 heavy (non-hydrogen) atoms. The minimum absolute atomic E-state index is 0.980. The molecule has 0 amide bonds. The Morgan fingerprint density at radius 1 is 0.710 bits per heavy atom. The molecule has 2 aromatic heterocycles. The Morgan fingerprint density at radius 2 is 1.52 bits per heavy atom. The summed E-state index contributed by atoms with van der Waals surface area (Å²) in [5.74, 6) is 0. The Kier molecular flexibility index (Phi) is 4.04. The molecule has 1 aliphatic rings. The highest BCUT2D eigenvalue weighted by Gasteiger charge is 2.23. The summed E-state index contributed by atoms with van der Waals surface area (Å²) in [6.45, 7) is 4.41. The lowest BCUT2D eigenvalue weighted by molar-refractivity contribution is -0.660. The molecule has 0 saturated carbocycles. The molecule has 152 valence electrons. The fourth-order valence-electron chi connectivity index (χ4n) is 5.41. The zero-order valence-corrected chi connectivity index (χ0v) is 18.3. The highest BCUT2D eigenvalue weighted by Crippen LogP contribution is 2.42. The summed E-state index contributed by atoms with van der Waals surface area (Å²) < 4.78 is 8.91. The standard InChI is InChI=1S/C29H26NO/c1-18-13-15-22(21-9-6-8-20(18)21)23-10-7-11-24-25-16-14-19(2)27(29(25)31-28(23)24)26-12-4-5-17-30(26)3/h4-5,7,10-17H,6,8-9H2,1-3H3/q+1. The van der Waals surface area contributed by atoms with E-state index < -0.39 is 0 Å². The van der Waals surface area contributed by atoms with Gasteiger partial charge in [-0.1, -0.05) is 42.5 Å². The number of fused-ring (bicyclic) bond motifs is 4. The molecule has 2 heteroatoms. The smallest absolute Gasteiger partial charge is 0.216 e. The first-order valence-electron chi connectivity index (χ1n) is 11.1. The van der Waals surface area contributed by atoms with Crippen molar-refractivity contribution in [3.8, 4) is 22.4 Å². The number of benzene rings is 3. The van der Waals surface area contributed by atoms with Gasteiger partial charge in [0.15, 0.2) is 6.20 Å². The monoisotopic (exact) mass is 404 g/mol. The Labute approximate surface area is 182 Å². The van der Waals surface area contributed by atoms with Crippen LogP contribution >= 0.6 is 0 Å². The average molecular weight is 405 g/mol. The summed E-state index contributed by atoms with van der Waals surface area (Å²) in [6.07, 6.45) is 5.70. The third kappa shape index (κ3) is 2.68. The van der Waals surface area contributed by atoms with Crippen LogP contribution in [0.3, 0.4) is 0 Å². The summed E-state index contributed by atoms with van der Waals surface area (Å²) >= 11 is 0. The maximum Gasteiger partial charge on any atom is 0.216 e. The summed E-state index contributed by atoms with van der Waals surface area (Å²) in [4.78, 5) is 0. The fraction of sp³-hybridized carbons (Fsp3) is 0.207. The lowest BCUT2D eigenvalue weighted by Gasteiger charge is -2.11. The van der Waals surface area contributed by atoms with Crippen LogP contribution in [0.1, 0.15) is 28.7 Å². The van der Waals surface area contributed by atoms with E-state index in [4.69, 9.17) is 4.42 Å². The SMILES string of the molecule is Cc1ccc(-c2cccc3c2oc2c(-c4cccc[n+]4C)c(C)ccc23)c2c1CCC2. The maximum atomic E-state index is 6.74. The third-order valence-corrected chi connectivity index (χ3v) is 7.00. The zero-order chi connectivity index (χ0) is 21.1. The number of pyridine rings is 1. The summed E-state index contributed by atoms with van der Waals surface area (Å²) in [5, 5.41) is 2.38. The van der Waals surface area contributed by atoms with Crippen LogP contribution in [-0.2, 0) is 19.9 Å². The van der Waals surface area contributed by atoms with E-state index in [1.807, 2.05) is 0 Å². The highest BCUT2D eigenvalue weighted by molar-refractivity contribution is 6.13. The molecule has 0 bridgehead atoms. The van der Waals surface area contributed by atoms with Gasteiger partial charge in [0, 0.05) is 28.5 Å². The lowest BCUT2D eigenvalue weighted by Crippen LogP contribution is -2.30. The molecule has 5 aromatic rings. The van der Waals surface area contributed by atoms with Gasteiger partial charge in [-0.3, -0.25) is 0 Å². The average Bonchev–Trinajstić information content (AvgIpc) is 3.40. The van der Waals surface area contributed by atoms with Crippen LogP contribution in [0.4, 0.5) is 0 Å². The summed E-state index contributed by atoms with van der Waals surface area (Å²) in [5.41, 5.74) is 12.6. The van der Waals surface area contributed by atoms with Gasteiger partial charge in [0.2, 0.25) is 5.69 Å². The first kappa shape index (κ1) is 18.4. The van der Waals surface area contributed by atoms with Crippen molar-refractivity contribution in [3.05, 3.63) is 89.1 Å². The normalized spacial score (nSPS) is 13.3. The van der Waals surface area contributed by atoms with Gasteiger partial charge in [0.25, 0.3) is 0 Å². The van der Waals surface area contributed by atoms with Gasteiger partial charge >= 0.3 is 0 Å². The van der Waals surface area contributed by atoms with Gasteiger partial charge in [-0.05, 0) is 67.0 Å². The van der Waals surface area contributed by atoms with Crippen molar-refractivity contribution >= 4 is 21.9 Å². The molecule has 0 fully saturated rings. The first-order valence-corrected chi connectivity index (χ1v) is 11.1. The molecule has 3 aromatic carbocycles. The van der Waals surface area contributed by atoms with E-state index in [-0.39, 0.29) is 0 Å². The molecule has 2 nitrogen and oxygen atoms in total. The minimum atomic E-state index is 0.980. The van der Waals surface area contributed by atoms with Crippen LogP contribution in [0, 0.1) is 13.8 Å². The Morgan fingerprint density at radius 3 is 2.39 bits per heavy atom. The van der Waals surface area contributed by atoms with Crippen molar-refractivity contribution in [1.29, 1.82) is 0 Å². The quantitative estimate of drug-likeness (QED) is 0.294. The summed E-state index contributed by atoms with van der Waals surface area (Å²) in [7, 11) is 2.09. The molecule has 0 spiro atoms. The van der Waals surface area contributed by atoms with E-state index in [0.717, 1.165) is 17.6 Å². The zero-order valence-electron chi connectivity index (χ0n) is 18.3. The van der Waals surface area contributed by atoms with Crippen molar-refractivity contribution in [3.63, 3.8) is 0 Å². The van der Waals surface area contributed by atoms with Crippen LogP contribution < -0.4 is 4.57 Å². The van der Waals surface area contributed by atoms with Crippen molar-refractivity contribution < 1.29 is 8.98 Å². The van der Waals surface area contributed by atoms with Crippen LogP contribution in [0.25, 0.3) is 44.3 Å². The number of furan rings is 1. The first-order chi connectivity index (χ1) is 15.1. The third-order valence-electron chi connectivity index (χ3n) is 7.00. The second kappa shape index (κ2) is 6.81. The predicted octanol–water partition coefficient (Wildman–Crippen LogP) is 6.85. The van der Waals surface area contributed by atoms with Gasteiger partial charge in [-0.25, -0.2) is 4.57 Å². The Hall–Kier alpha value is -3.39. The number of aromatic nitrogens is 1. The molecule has 0 aliphatic heterocycles. The molecule has 0 saturated heterocycles. The lowest BCUT2D eigenvalue weighted by atomic mass is 9.93. The molecule has 0 atom stereocenters. The van der Waals surface area contributed by atoms with E-state index >= 15 is 0 Å². The molecule has 6 rings (SSSR count). The van der Waals surface area contributed by atoms with Gasteiger partial charge in [0.05, 0.1) is 5.56 Å². The second-order valence-corrected chi connectivity index (χ2v) is 8.86. The van der Waals surface area contributed by atoms with Crippen LogP contribution in [0.2, 0.25) is 0 Å². The Bertz CT molecular complexity index is 1490. The molecular formula is C29H26NO+. The fourth-order valence-corrected chi connectivity index (χ4v) is 5.41. The molecular weight excluding hydrogens is 378 g/mol. The molecule has 0 radical (unpaired) electrons. The van der Waals surface area contributed by atoms with Gasteiger partial charge in [-0.15, -0.1) is 0 Å². The molecule has 1 aliphatic carbocycles. The number of hydrogen-bond donors (Lipinski definition) is 0. The molecule has 0 unspecified atom stereocenters. The van der Waals surface area contributed by atoms with Gasteiger partial charge in [-0.2, -0.15) is 0 Å².